The average molecular weight is 113 g/mol. The van der Waals surface area contributed by atoms with Gasteiger partial charge in [0.15, 0.2) is 5.82 Å². The van der Waals surface area contributed by atoms with Crippen molar-refractivity contribution in [3.8, 4) is 0 Å². The summed E-state index contributed by atoms with van der Waals surface area (Å²) in [5.74, 6) is 0.666. The number of hydrogen-bond acceptors (Lipinski definition) is 4. The van der Waals surface area contributed by atoms with Crippen LogP contribution in [0.4, 0.5) is 0 Å². The minimum absolute atomic E-state index is 0.666. The van der Waals surface area contributed by atoms with E-state index < -0.39 is 0 Å². The Kier molecular flexibility index (Phi) is 1.11. The van der Waals surface area contributed by atoms with E-state index in [0.29, 0.717) is 5.82 Å². The SMILES string of the molecule is CNn1nnc(C)n1. The second kappa shape index (κ2) is 1.77. The molecule has 0 unspecified atom stereocenters. The Morgan fingerprint density at radius 2 is 2.38 bits per heavy atom. The summed E-state index contributed by atoms with van der Waals surface area (Å²) in [5, 5.41) is 11.0. The molecule has 44 valence electrons. The van der Waals surface area contributed by atoms with E-state index in [-0.39, 0.29) is 0 Å². The quantitative estimate of drug-likeness (QED) is 0.515. The average Bonchev–Trinajstić information content (AvgIpc) is 2.14. The smallest absolute Gasteiger partial charge is 0.173 e. The molecule has 1 N–H and O–H groups in total. The van der Waals surface area contributed by atoms with Crippen LogP contribution in [0.3, 0.4) is 0 Å². The Balaban J connectivity index is 2.84. The van der Waals surface area contributed by atoms with Gasteiger partial charge >= 0.3 is 0 Å². The van der Waals surface area contributed by atoms with Crippen molar-refractivity contribution in [3.63, 3.8) is 0 Å². The van der Waals surface area contributed by atoms with Gasteiger partial charge in [0, 0.05) is 7.05 Å². The number of hydrogen-bond donors (Lipinski definition) is 1. The van der Waals surface area contributed by atoms with Crippen LogP contribution < -0.4 is 5.43 Å². The van der Waals surface area contributed by atoms with Crippen molar-refractivity contribution < 1.29 is 0 Å². The normalized spacial score (nSPS) is 9.25. The third-order valence-corrected chi connectivity index (χ3v) is 0.714. The molecular weight excluding hydrogens is 106 g/mol. The molecule has 0 bridgehead atoms. The zero-order valence-electron chi connectivity index (χ0n) is 4.79. The van der Waals surface area contributed by atoms with Crippen molar-refractivity contribution in [2.45, 2.75) is 6.92 Å². The van der Waals surface area contributed by atoms with Crippen molar-refractivity contribution in [1.29, 1.82) is 0 Å². The Morgan fingerprint density at radius 3 is 2.62 bits per heavy atom. The van der Waals surface area contributed by atoms with Gasteiger partial charge in [-0.05, 0) is 12.1 Å². The van der Waals surface area contributed by atoms with Crippen molar-refractivity contribution >= 4 is 0 Å². The molecule has 5 nitrogen and oxygen atoms in total. The zero-order valence-corrected chi connectivity index (χ0v) is 4.79. The van der Waals surface area contributed by atoms with Crippen LogP contribution in [0.2, 0.25) is 0 Å². The summed E-state index contributed by atoms with van der Waals surface area (Å²) in [6.45, 7) is 1.78. The van der Waals surface area contributed by atoms with Gasteiger partial charge in [0.25, 0.3) is 0 Å². The lowest BCUT2D eigenvalue weighted by atomic mass is 10.8. The molecule has 0 aliphatic heterocycles. The van der Waals surface area contributed by atoms with E-state index in [9.17, 15) is 0 Å². The van der Waals surface area contributed by atoms with Crippen molar-refractivity contribution in [2.75, 3.05) is 12.5 Å². The fourth-order valence-corrected chi connectivity index (χ4v) is 0.379. The third kappa shape index (κ3) is 0.749. The predicted octanol–water partition coefficient (Wildman–Crippen LogP) is -0.845. The van der Waals surface area contributed by atoms with E-state index in [4.69, 9.17) is 0 Å². The third-order valence-electron chi connectivity index (χ3n) is 0.714. The Hall–Kier alpha value is -1.13. The molecule has 1 aromatic heterocycles. The van der Waals surface area contributed by atoms with Crippen LogP contribution in [0.1, 0.15) is 5.82 Å². The van der Waals surface area contributed by atoms with Crippen molar-refractivity contribution in [1.82, 2.24) is 20.3 Å². The molecule has 0 aliphatic rings. The Morgan fingerprint density at radius 1 is 1.62 bits per heavy atom. The summed E-state index contributed by atoms with van der Waals surface area (Å²) < 4.78 is 0. The van der Waals surface area contributed by atoms with Crippen LogP contribution in [0.15, 0.2) is 0 Å². The molecule has 0 spiro atoms. The molecule has 0 saturated carbocycles. The molecule has 1 aromatic rings. The largest absolute Gasteiger partial charge is 0.294 e. The standard InChI is InChI=1S/C3H7N5/c1-3-5-7-8(4-2)6-3/h4H,1-2H3. The van der Waals surface area contributed by atoms with Crippen LogP contribution in [0, 0.1) is 6.92 Å². The summed E-state index contributed by atoms with van der Waals surface area (Å²) in [7, 11) is 1.72. The monoisotopic (exact) mass is 113 g/mol. The van der Waals surface area contributed by atoms with Crippen LogP contribution in [0.5, 0.6) is 0 Å². The molecule has 0 aliphatic carbocycles. The minimum Gasteiger partial charge on any atom is -0.294 e. The van der Waals surface area contributed by atoms with E-state index in [1.165, 1.54) is 4.91 Å². The number of nitrogens with one attached hydrogen (secondary N) is 1. The molecule has 0 saturated heterocycles. The zero-order chi connectivity index (χ0) is 5.98. The lowest BCUT2D eigenvalue weighted by molar-refractivity contribution is 0.644. The summed E-state index contributed by atoms with van der Waals surface area (Å²) >= 11 is 0. The van der Waals surface area contributed by atoms with Gasteiger partial charge in [-0.3, -0.25) is 5.43 Å². The van der Waals surface area contributed by atoms with Crippen molar-refractivity contribution in [2.24, 2.45) is 0 Å². The van der Waals surface area contributed by atoms with Gasteiger partial charge in [0.1, 0.15) is 0 Å². The number of rotatable bonds is 1. The molecule has 0 aromatic carbocycles. The molecule has 5 heteroatoms. The Labute approximate surface area is 46.7 Å². The minimum atomic E-state index is 0.666. The lowest BCUT2D eigenvalue weighted by Gasteiger charge is -1.88. The maximum atomic E-state index is 3.81. The van der Waals surface area contributed by atoms with Crippen LogP contribution in [0.25, 0.3) is 0 Å². The lowest BCUT2D eigenvalue weighted by Crippen LogP contribution is -2.12. The van der Waals surface area contributed by atoms with Crippen LogP contribution >= 0.6 is 0 Å². The van der Waals surface area contributed by atoms with Crippen molar-refractivity contribution in [3.05, 3.63) is 5.82 Å². The summed E-state index contributed by atoms with van der Waals surface area (Å²) in [6.07, 6.45) is 0. The van der Waals surface area contributed by atoms with Gasteiger partial charge in [-0.15, -0.1) is 10.2 Å². The number of tetrazole rings is 1. The summed E-state index contributed by atoms with van der Waals surface area (Å²) in [4.78, 5) is 1.30. The predicted molar refractivity (Wildman–Crippen MR) is 27.8 cm³/mol. The fourth-order valence-electron chi connectivity index (χ4n) is 0.379. The number of nitrogens with zero attached hydrogens (tertiary/aromatic N) is 4. The van der Waals surface area contributed by atoms with Crippen LogP contribution in [-0.2, 0) is 0 Å². The summed E-state index contributed by atoms with van der Waals surface area (Å²) in [5.41, 5.74) is 2.68. The van der Waals surface area contributed by atoms with Gasteiger partial charge < -0.3 is 0 Å². The van der Waals surface area contributed by atoms with Gasteiger partial charge in [-0.2, -0.15) is 0 Å². The molecule has 8 heavy (non-hydrogen) atoms. The van der Waals surface area contributed by atoms with E-state index >= 15 is 0 Å². The first-order valence-corrected chi connectivity index (χ1v) is 2.27. The first kappa shape index (κ1) is 5.02. The topological polar surface area (TPSA) is 55.6 Å². The molecule has 0 atom stereocenters. The highest BCUT2D eigenvalue weighted by Crippen LogP contribution is 1.74. The van der Waals surface area contributed by atoms with E-state index in [0.717, 1.165) is 0 Å². The van der Waals surface area contributed by atoms with Gasteiger partial charge in [0.2, 0.25) is 0 Å². The van der Waals surface area contributed by atoms with Gasteiger partial charge in [0.05, 0.1) is 0 Å². The second-order valence-electron chi connectivity index (χ2n) is 1.35. The number of aromatic nitrogens is 4. The maximum Gasteiger partial charge on any atom is 0.173 e. The van der Waals surface area contributed by atoms with E-state index in [1.54, 1.807) is 14.0 Å². The van der Waals surface area contributed by atoms with E-state index in [1.807, 2.05) is 0 Å². The second-order valence-corrected chi connectivity index (χ2v) is 1.35. The first-order valence-electron chi connectivity index (χ1n) is 2.27. The molecule has 0 amide bonds. The highest BCUT2D eigenvalue weighted by Gasteiger charge is 1.89. The van der Waals surface area contributed by atoms with Gasteiger partial charge in [-0.1, -0.05) is 4.91 Å². The molecule has 0 fully saturated rings. The van der Waals surface area contributed by atoms with Gasteiger partial charge in [-0.25, -0.2) is 0 Å². The van der Waals surface area contributed by atoms with Crippen LogP contribution in [-0.4, -0.2) is 27.4 Å². The molecule has 1 rings (SSSR count). The fraction of sp³-hybridized carbons (Fsp3) is 0.667. The summed E-state index contributed by atoms with van der Waals surface area (Å²) in [6, 6.07) is 0. The molecular formula is C3H7N5. The highest BCUT2D eigenvalue weighted by molar-refractivity contribution is 4.67. The number of aryl methyl sites for hydroxylation is 1. The highest BCUT2D eigenvalue weighted by atomic mass is 15.7. The molecule has 1 heterocycles. The van der Waals surface area contributed by atoms with E-state index in [2.05, 4.69) is 20.8 Å². The maximum absolute atomic E-state index is 3.81. The Bertz CT molecular complexity index is 168. The first-order chi connectivity index (χ1) is 3.83. The molecule has 0 radical (unpaired) electrons.